The molecule has 3 aromatic rings. The van der Waals surface area contributed by atoms with E-state index < -0.39 is 23.9 Å². The lowest BCUT2D eigenvalue weighted by molar-refractivity contribution is -0.141. The van der Waals surface area contributed by atoms with Crippen LogP contribution in [0.5, 0.6) is 0 Å². The maximum Gasteiger partial charge on any atom is 0.433 e. The van der Waals surface area contributed by atoms with Gasteiger partial charge in [0.25, 0.3) is 0 Å². The van der Waals surface area contributed by atoms with Crippen LogP contribution in [0.4, 0.5) is 23.7 Å². The molecule has 0 spiro atoms. The Hall–Kier alpha value is -3.28. The van der Waals surface area contributed by atoms with E-state index in [0.29, 0.717) is 17.7 Å². The van der Waals surface area contributed by atoms with Gasteiger partial charge in [-0.25, -0.2) is 19.7 Å². The second-order valence-electron chi connectivity index (χ2n) is 5.46. The fraction of sp³-hybridized carbons (Fsp3) is 0.200. The predicted molar refractivity (Wildman–Crippen MR) is 91.8 cm³/mol. The molecule has 0 saturated carbocycles. The van der Waals surface area contributed by atoms with Crippen LogP contribution in [-0.2, 0) is 6.18 Å². The zero-order chi connectivity index (χ0) is 20.3. The highest BCUT2D eigenvalue weighted by Crippen LogP contribution is 2.31. The topological polar surface area (TPSA) is 111 Å². The van der Waals surface area contributed by atoms with Crippen LogP contribution in [-0.4, -0.2) is 35.7 Å². The van der Waals surface area contributed by atoms with Gasteiger partial charge in [-0.2, -0.15) is 23.0 Å². The average Bonchev–Trinajstić information content (AvgIpc) is 3.13. The summed E-state index contributed by atoms with van der Waals surface area (Å²) in [6.45, 7) is 1.64. The number of urea groups is 1. The van der Waals surface area contributed by atoms with Crippen LogP contribution in [0.3, 0.4) is 0 Å². The van der Waals surface area contributed by atoms with E-state index in [4.69, 9.17) is 11.6 Å². The first-order valence-corrected chi connectivity index (χ1v) is 8.10. The summed E-state index contributed by atoms with van der Waals surface area (Å²) in [5, 5.41) is 8.67. The second kappa shape index (κ2) is 7.76. The highest BCUT2D eigenvalue weighted by Gasteiger charge is 2.33. The third-order valence-corrected chi connectivity index (χ3v) is 3.78. The fourth-order valence-corrected chi connectivity index (χ4v) is 2.42. The first-order chi connectivity index (χ1) is 13.3. The second-order valence-corrected chi connectivity index (χ2v) is 5.87. The molecule has 3 heterocycles. The summed E-state index contributed by atoms with van der Waals surface area (Å²) in [4.78, 5) is 27.6. The molecule has 9 nitrogen and oxygen atoms in total. The molecule has 2 amide bonds. The number of hydrogen-bond acceptors (Lipinski definition) is 6. The van der Waals surface area contributed by atoms with Crippen LogP contribution < -0.4 is 10.6 Å². The molecule has 1 unspecified atom stereocenters. The number of halogens is 4. The number of rotatable bonds is 4. The Morgan fingerprint density at radius 2 is 2.00 bits per heavy atom. The van der Waals surface area contributed by atoms with Crippen LogP contribution in [0, 0.1) is 0 Å². The largest absolute Gasteiger partial charge is 0.433 e. The van der Waals surface area contributed by atoms with Crippen molar-refractivity contribution < 1.29 is 18.0 Å². The van der Waals surface area contributed by atoms with Gasteiger partial charge in [-0.05, 0) is 13.0 Å². The SMILES string of the molecule is CC(NC(=O)Nc1cnc(C(F)(F)F)cc1Cl)c1ncnn1-c1cnccn1. The van der Waals surface area contributed by atoms with Gasteiger partial charge in [0.15, 0.2) is 11.6 Å². The van der Waals surface area contributed by atoms with E-state index in [2.05, 4.69) is 35.7 Å². The maximum atomic E-state index is 12.6. The average molecular weight is 413 g/mol. The molecule has 0 aliphatic carbocycles. The van der Waals surface area contributed by atoms with Crippen LogP contribution in [0.2, 0.25) is 5.02 Å². The number of hydrogen-bond donors (Lipinski definition) is 2. The molecule has 13 heteroatoms. The van der Waals surface area contributed by atoms with Crippen LogP contribution in [0.15, 0.2) is 37.2 Å². The van der Waals surface area contributed by atoms with Gasteiger partial charge < -0.3 is 10.6 Å². The van der Waals surface area contributed by atoms with Crippen molar-refractivity contribution in [3.8, 4) is 5.82 Å². The summed E-state index contributed by atoms with van der Waals surface area (Å²) < 4.78 is 39.3. The molecule has 0 bridgehead atoms. The normalized spacial score (nSPS) is 12.5. The van der Waals surface area contributed by atoms with Crippen molar-refractivity contribution in [2.24, 2.45) is 0 Å². The fourth-order valence-electron chi connectivity index (χ4n) is 2.22. The number of nitrogens with one attached hydrogen (secondary N) is 2. The van der Waals surface area contributed by atoms with Crippen molar-refractivity contribution in [2.45, 2.75) is 19.1 Å². The molecule has 1 atom stereocenters. The molecule has 28 heavy (non-hydrogen) atoms. The van der Waals surface area contributed by atoms with Gasteiger partial charge in [-0.1, -0.05) is 11.6 Å². The Balaban J connectivity index is 1.70. The number of pyridine rings is 1. The summed E-state index contributed by atoms with van der Waals surface area (Å²) in [5.74, 6) is 0.770. The summed E-state index contributed by atoms with van der Waals surface area (Å²) in [7, 11) is 0. The molecule has 146 valence electrons. The first-order valence-electron chi connectivity index (χ1n) is 7.72. The maximum absolute atomic E-state index is 12.6. The zero-order valence-electron chi connectivity index (χ0n) is 14.1. The smallest absolute Gasteiger partial charge is 0.328 e. The highest BCUT2D eigenvalue weighted by atomic mass is 35.5. The Morgan fingerprint density at radius 1 is 1.21 bits per heavy atom. The van der Waals surface area contributed by atoms with Gasteiger partial charge in [0, 0.05) is 12.4 Å². The Labute approximate surface area is 161 Å². The van der Waals surface area contributed by atoms with E-state index >= 15 is 0 Å². The van der Waals surface area contributed by atoms with Crippen LogP contribution in [0.1, 0.15) is 24.5 Å². The molecule has 3 rings (SSSR count). The number of aromatic nitrogens is 6. The summed E-state index contributed by atoms with van der Waals surface area (Å²) in [6, 6.07) is -0.707. The van der Waals surface area contributed by atoms with Crippen molar-refractivity contribution in [1.29, 1.82) is 0 Å². The minimum atomic E-state index is -4.64. The molecule has 0 aromatic carbocycles. The van der Waals surface area contributed by atoms with E-state index in [1.165, 1.54) is 29.6 Å². The Morgan fingerprint density at radius 3 is 2.64 bits per heavy atom. The van der Waals surface area contributed by atoms with Crippen molar-refractivity contribution in [3.63, 3.8) is 0 Å². The zero-order valence-corrected chi connectivity index (χ0v) is 14.9. The highest BCUT2D eigenvalue weighted by molar-refractivity contribution is 6.33. The third kappa shape index (κ3) is 4.34. The number of carbonyl (C=O) groups excluding carboxylic acids is 1. The quantitative estimate of drug-likeness (QED) is 0.681. The number of alkyl halides is 3. The van der Waals surface area contributed by atoms with E-state index in [-0.39, 0.29) is 10.7 Å². The lowest BCUT2D eigenvalue weighted by Gasteiger charge is -2.15. The number of carbonyl (C=O) groups is 1. The molecule has 0 radical (unpaired) electrons. The van der Waals surface area contributed by atoms with Gasteiger partial charge >= 0.3 is 12.2 Å². The summed E-state index contributed by atoms with van der Waals surface area (Å²) in [5.41, 5.74) is -1.23. The molecule has 0 aliphatic rings. The molecular formula is C15H12ClF3N8O. The lowest BCUT2D eigenvalue weighted by Crippen LogP contribution is -2.32. The Bertz CT molecular complexity index is 979. The van der Waals surface area contributed by atoms with Crippen LogP contribution in [0.25, 0.3) is 5.82 Å². The van der Waals surface area contributed by atoms with Crippen molar-refractivity contribution in [1.82, 2.24) is 35.0 Å². The van der Waals surface area contributed by atoms with Gasteiger partial charge in [0.05, 0.1) is 29.1 Å². The molecule has 2 N–H and O–H groups in total. The predicted octanol–water partition coefficient (Wildman–Crippen LogP) is 3.01. The van der Waals surface area contributed by atoms with Gasteiger partial charge in [-0.3, -0.25) is 4.98 Å². The molecule has 0 fully saturated rings. The first kappa shape index (κ1) is 19.5. The third-order valence-electron chi connectivity index (χ3n) is 3.47. The van der Waals surface area contributed by atoms with Crippen molar-refractivity contribution >= 4 is 23.3 Å². The van der Waals surface area contributed by atoms with E-state index in [9.17, 15) is 18.0 Å². The lowest BCUT2D eigenvalue weighted by atomic mass is 10.3. The molecular weight excluding hydrogens is 401 g/mol. The summed E-state index contributed by atoms with van der Waals surface area (Å²) >= 11 is 5.80. The van der Waals surface area contributed by atoms with E-state index in [1.807, 2.05) is 0 Å². The number of nitrogens with zero attached hydrogens (tertiary/aromatic N) is 6. The monoisotopic (exact) mass is 412 g/mol. The van der Waals surface area contributed by atoms with Crippen molar-refractivity contribution in [3.05, 3.63) is 53.7 Å². The van der Waals surface area contributed by atoms with Crippen LogP contribution >= 0.6 is 11.6 Å². The van der Waals surface area contributed by atoms with E-state index in [0.717, 1.165) is 6.20 Å². The standard InChI is InChI=1S/C15H12ClF3N8O/c1-8(13-23-7-24-27(13)12-6-20-2-3-21-12)25-14(28)26-10-5-22-11(4-9(10)16)15(17,18)19/h2-8H,1H3,(H2,25,26,28). The van der Waals surface area contributed by atoms with Gasteiger partial charge in [0.1, 0.15) is 12.0 Å². The molecule has 0 saturated heterocycles. The molecule has 0 aliphatic heterocycles. The minimum Gasteiger partial charge on any atom is -0.328 e. The van der Waals surface area contributed by atoms with Gasteiger partial charge in [-0.15, -0.1) is 0 Å². The minimum absolute atomic E-state index is 0.0743. The molecule has 3 aromatic heterocycles. The number of anilines is 1. The Kier molecular flexibility index (Phi) is 5.40. The van der Waals surface area contributed by atoms with E-state index in [1.54, 1.807) is 6.92 Å². The van der Waals surface area contributed by atoms with Crippen molar-refractivity contribution in [2.75, 3.05) is 5.32 Å². The summed E-state index contributed by atoms with van der Waals surface area (Å²) in [6.07, 6.45) is 1.93. The van der Waals surface area contributed by atoms with Gasteiger partial charge in [0.2, 0.25) is 0 Å². The number of amides is 2.